The maximum Gasteiger partial charge on any atom is 0.326 e. The number of sulfonamides is 1. The molecule has 0 spiro atoms. The molecule has 1 N–H and O–H groups in total. The summed E-state index contributed by atoms with van der Waals surface area (Å²) in [6, 6.07) is 16.0. The summed E-state index contributed by atoms with van der Waals surface area (Å²) in [5.41, 5.74) is 2.05. The van der Waals surface area contributed by atoms with E-state index in [4.69, 9.17) is 4.74 Å². The number of fused-ring (bicyclic) bond motifs is 1. The first kappa shape index (κ1) is 25.3. The van der Waals surface area contributed by atoms with Crippen molar-refractivity contribution in [1.29, 1.82) is 0 Å². The summed E-state index contributed by atoms with van der Waals surface area (Å²) in [6.45, 7) is 3.77. The molecular weight excluding hydrogens is 505 g/mol. The quantitative estimate of drug-likeness (QED) is 0.362. The van der Waals surface area contributed by atoms with E-state index in [1.54, 1.807) is 11.5 Å². The van der Waals surface area contributed by atoms with Gasteiger partial charge in [-0.1, -0.05) is 23.5 Å². The minimum Gasteiger partial charge on any atom is -0.465 e. The zero-order chi connectivity index (χ0) is 25.9. The van der Waals surface area contributed by atoms with Crippen LogP contribution in [0.25, 0.3) is 10.2 Å². The van der Waals surface area contributed by atoms with E-state index in [0.717, 1.165) is 40.0 Å². The molecule has 11 heteroatoms. The van der Waals surface area contributed by atoms with Crippen molar-refractivity contribution < 1.29 is 27.1 Å². The Labute approximate surface area is 210 Å². The first-order chi connectivity index (χ1) is 17.2. The molecule has 0 saturated carbocycles. The van der Waals surface area contributed by atoms with E-state index in [-0.39, 0.29) is 29.3 Å². The number of halogens is 1. The van der Waals surface area contributed by atoms with Gasteiger partial charge in [0.05, 0.1) is 21.7 Å². The predicted molar refractivity (Wildman–Crippen MR) is 135 cm³/mol. The minimum absolute atomic E-state index is 0.111. The topological polar surface area (TPSA) is 107 Å². The highest BCUT2D eigenvalue weighted by Crippen LogP contribution is 2.21. The number of amides is 1. The molecule has 36 heavy (non-hydrogen) atoms. The number of anilines is 1. The van der Waals surface area contributed by atoms with Crippen LogP contribution in [0.1, 0.15) is 22.8 Å². The van der Waals surface area contributed by atoms with Crippen molar-refractivity contribution in [2.75, 3.05) is 11.3 Å². The molecule has 0 aliphatic rings. The van der Waals surface area contributed by atoms with Gasteiger partial charge in [-0.15, -0.1) is 0 Å². The number of aryl methyl sites for hydroxylation is 1. The molecule has 4 rings (SSSR count). The van der Waals surface area contributed by atoms with Crippen LogP contribution in [0.15, 0.2) is 76.6 Å². The van der Waals surface area contributed by atoms with Crippen LogP contribution in [-0.4, -0.2) is 31.5 Å². The fourth-order valence-electron chi connectivity index (χ4n) is 3.45. The third-order valence-corrected chi connectivity index (χ3v) is 7.55. The summed E-state index contributed by atoms with van der Waals surface area (Å²) in [7, 11) is -3.99. The highest BCUT2D eigenvalue weighted by molar-refractivity contribution is 7.92. The number of benzene rings is 3. The highest BCUT2D eigenvalue weighted by atomic mass is 32.2. The number of esters is 1. The second-order valence-corrected chi connectivity index (χ2v) is 10.5. The van der Waals surface area contributed by atoms with E-state index in [2.05, 4.69) is 9.71 Å². The lowest BCUT2D eigenvalue weighted by atomic mass is 10.2. The number of hydrogen-bond acceptors (Lipinski definition) is 6. The summed E-state index contributed by atoms with van der Waals surface area (Å²) < 4.78 is 48.3. The summed E-state index contributed by atoms with van der Waals surface area (Å²) in [5, 5.41) is 0. The largest absolute Gasteiger partial charge is 0.465 e. The second-order valence-electron chi connectivity index (χ2n) is 7.80. The summed E-state index contributed by atoms with van der Waals surface area (Å²) in [5.74, 6) is -1.62. The Balaban J connectivity index is 1.68. The molecule has 0 aliphatic carbocycles. The molecule has 4 aromatic rings. The zero-order valence-electron chi connectivity index (χ0n) is 19.4. The van der Waals surface area contributed by atoms with Crippen molar-refractivity contribution in [2.45, 2.75) is 25.3 Å². The Morgan fingerprint density at radius 3 is 2.56 bits per heavy atom. The lowest BCUT2D eigenvalue weighted by molar-refractivity contribution is -0.143. The molecule has 1 aromatic heterocycles. The van der Waals surface area contributed by atoms with E-state index in [0.29, 0.717) is 4.80 Å². The van der Waals surface area contributed by atoms with Crippen LogP contribution in [0.3, 0.4) is 0 Å². The van der Waals surface area contributed by atoms with Gasteiger partial charge in [-0.2, -0.15) is 4.99 Å². The molecule has 0 atom stereocenters. The van der Waals surface area contributed by atoms with Gasteiger partial charge in [0, 0.05) is 11.3 Å². The number of nitrogens with one attached hydrogen (secondary N) is 1. The van der Waals surface area contributed by atoms with Crippen molar-refractivity contribution in [3.05, 3.63) is 88.5 Å². The van der Waals surface area contributed by atoms with Crippen LogP contribution in [0.5, 0.6) is 0 Å². The van der Waals surface area contributed by atoms with Crippen LogP contribution in [0, 0.1) is 12.7 Å². The highest BCUT2D eigenvalue weighted by Gasteiger charge is 2.16. The van der Waals surface area contributed by atoms with Gasteiger partial charge in [-0.3, -0.25) is 14.3 Å². The van der Waals surface area contributed by atoms with Crippen molar-refractivity contribution >= 4 is 49.1 Å². The number of aromatic nitrogens is 1. The van der Waals surface area contributed by atoms with Gasteiger partial charge in [-0.05, 0) is 74.0 Å². The molecule has 1 heterocycles. The van der Waals surface area contributed by atoms with E-state index >= 15 is 0 Å². The van der Waals surface area contributed by atoms with Gasteiger partial charge in [0.2, 0.25) is 0 Å². The van der Waals surface area contributed by atoms with Crippen molar-refractivity contribution in [3.63, 3.8) is 0 Å². The van der Waals surface area contributed by atoms with Gasteiger partial charge < -0.3 is 9.30 Å². The molecule has 1 amide bonds. The monoisotopic (exact) mass is 527 g/mol. The minimum atomic E-state index is -3.99. The van der Waals surface area contributed by atoms with Crippen LogP contribution < -0.4 is 9.52 Å². The van der Waals surface area contributed by atoms with Gasteiger partial charge >= 0.3 is 5.97 Å². The molecule has 0 bridgehead atoms. The number of carbonyl (C=O) groups excluding carboxylic acids is 2. The third kappa shape index (κ3) is 5.69. The van der Waals surface area contributed by atoms with E-state index in [1.807, 2.05) is 25.1 Å². The number of thiazole rings is 1. The number of ether oxygens (including phenoxy) is 1. The normalized spacial score (nSPS) is 12.0. The number of rotatable bonds is 7. The van der Waals surface area contributed by atoms with E-state index in [9.17, 15) is 22.4 Å². The van der Waals surface area contributed by atoms with Crippen molar-refractivity contribution in [3.8, 4) is 0 Å². The van der Waals surface area contributed by atoms with E-state index < -0.39 is 27.7 Å². The van der Waals surface area contributed by atoms with Crippen LogP contribution in [-0.2, 0) is 26.1 Å². The molecule has 3 aromatic carbocycles. The predicted octanol–water partition coefficient (Wildman–Crippen LogP) is 4.26. The average Bonchev–Trinajstić information content (AvgIpc) is 3.15. The molecule has 0 radical (unpaired) electrons. The van der Waals surface area contributed by atoms with Gasteiger partial charge in [0.15, 0.2) is 4.80 Å². The Hall–Kier alpha value is -3.83. The summed E-state index contributed by atoms with van der Waals surface area (Å²) >= 11 is 1.26. The Kier molecular flexibility index (Phi) is 7.32. The first-order valence-electron chi connectivity index (χ1n) is 10.9. The zero-order valence-corrected chi connectivity index (χ0v) is 21.0. The summed E-state index contributed by atoms with van der Waals surface area (Å²) in [4.78, 5) is 29.7. The number of nitrogens with zero attached hydrogens (tertiary/aromatic N) is 2. The van der Waals surface area contributed by atoms with Crippen LogP contribution in [0.2, 0.25) is 0 Å². The molecule has 8 nitrogen and oxygen atoms in total. The fourth-order valence-corrected chi connectivity index (χ4v) is 5.62. The SMILES string of the molecule is CCOC(=O)Cn1c(=NC(=O)c2cccc(NS(=O)(=O)c3ccc(F)cc3)c2)sc2cc(C)ccc21. The maximum absolute atomic E-state index is 13.2. The first-order valence-corrected chi connectivity index (χ1v) is 13.2. The van der Waals surface area contributed by atoms with Crippen molar-refractivity contribution in [2.24, 2.45) is 4.99 Å². The third-order valence-electron chi connectivity index (χ3n) is 5.11. The lowest BCUT2D eigenvalue weighted by Gasteiger charge is -2.09. The molecule has 0 aliphatic heterocycles. The summed E-state index contributed by atoms with van der Waals surface area (Å²) in [6.07, 6.45) is 0. The molecule has 0 saturated heterocycles. The van der Waals surface area contributed by atoms with E-state index in [1.165, 1.54) is 35.6 Å². The maximum atomic E-state index is 13.2. The second kappa shape index (κ2) is 10.4. The molecule has 186 valence electrons. The average molecular weight is 528 g/mol. The number of hydrogen-bond donors (Lipinski definition) is 1. The fraction of sp³-hybridized carbons (Fsp3) is 0.160. The van der Waals surface area contributed by atoms with Crippen LogP contribution >= 0.6 is 11.3 Å². The number of carbonyl (C=O) groups is 2. The van der Waals surface area contributed by atoms with Gasteiger partial charge in [0.25, 0.3) is 15.9 Å². The Morgan fingerprint density at radius 2 is 1.83 bits per heavy atom. The van der Waals surface area contributed by atoms with Gasteiger partial charge in [0.1, 0.15) is 12.4 Å². The molecular formula is C25H22FN3O5S2. The molecule has 0 fully saturated rings. The Morgan fingerprint density at radius 1 is 1.08 bits per heavy atom. The smallest absolute Gasteiger partial charge is 0.326 e. The lowest BCUT2D eigenvalue weighted by Crippen LogP contribution is -2.23. The van der Waals surface area contributed by atoms with Gasteiger partial charge in [-0.25, -0.2) is 12.8 Å². The Bertz CT molecular complexity index is 1620. The van der Waals surface area contributed by atoms with Crippen molar-refractivity contribution in [1.82, 2.24) is 4.57 Å². The van der Waals surface area contributed by atoms with Crippen LogP contribution in [0.4, 0.5) is 10.1 Å². The molecule has 0 unspecified atom stereocenters. The standard InChI is InChI=1S/C25H22FN3O5S2/c1-3-34-23(30)15-29-21-12-7-16(2)13-22(21)35-25(29)27-24(31)17-5-4-6-19(14-17)28-36(32,33)20-10-8-18(26)9-11-20/h4-14,28H,3,15H2,1-2H3.